The van der Waals surface area contributed by atoms with Crippen LogP contribution in [0.1, 0.15) is 12.5 Å². The van der Waals surface area contributed by atoms with Gasteiger partial charge in [-0.15, -0.1) is 0 Å². The average molecular weight is 274 g/mol. The molecule has 1 amide bonds. The highest BCUT2D eigenvalue weighted by atomic mass is 35.5. The molecule has 0 aliphatic rings. The van der Waals surface area contributed by atoms with Gasteiger partial charge < -0.3 is 10.1 Å². The maximum atomic E-state index is 11.6. The Balaban J connectivity index is 2.82. The summed E-state index contributed by atoms with van der Waals surface area (Å²) in [5.41, 5.74) is 1.57. The number of anilines is 1. The minimum Gasteiger partial charge on any atom is -0.495 e. The van der Waals surface area contributed by atoms with Gasteiger partial charge in [-0.05, 0) is 24.3 Å². The number of hydrogen-bond donors (Lipinski definition) is 1. The van der Waals surface area contributed by atoms with E-state index in [1.54, 1.807) is 24.9 Å². The first-order chi connectivity index (χ1) is 8.08. The second-order valence-corrected chi connectivity index (χ2v) is 5.17. The van der Waals surface area contributed by atoms with Crippen LogP contribution < -0.4 is 10.1 Å². The Morgan fingerprint density at radius 3 is 2.82 bits per heavy atom. The number of thioether (sulfide) groups is 1. The third-order valence-corrected chi connectivity index (χ3v) is 3.47. The molecule has 0 unspecified atom stereocenters. The summed E-state index contributed by atoms with van der Waals surface area (Å²) in [5.74, 6) is 1.92. The van der Waals surface area contributed by atoms with Crippen LogP contribution in [0.25, 0.3) is 0 Å². The topological polar surface area (TPSA) is 38.3 Å². The summed E-state index contributed by atoms with van der Waals surface area (Å²) in [6, 6.07) is 3.52. The second kappa shape index (κ2) is 6.77. The standard InChI is InChI=1S/C12H16ClNO2S/c1-4-17-7-12(15)14-10-5-8(2)9(13)6-11(10)16-3/h5-6H,4,7H2,1-3H3,(H,14,15). The van der Waals surface area contributed by atoms with Crippen molar-refractivity contribution >= 4 is 35.0 Å². The quantitative estimate of drug-likeness (QED) is 0.894. The number of halogens is 1. The minimum absolute atomic E-state index is 0.0307. The van der Waals surface area contributed by atoms with E-state index in [1.165, 1.54) is 0 Å². The number of amides is 1. The highest BCUT2D eigenvalue weighted by Crippen LogP contribution is 2.30. The van der Waals surface area contributed by atoms with Crippen LogP contribution in [0, 0.1) is 6.92 Å². The van der Waals surface area contributed by atoms with Crippen molar-refractivity contribution in [3.8, 4) is 5.75 Å². The number of benzene rings is 1. The third kappa shape index (κ3) is 4.13. The van der Waals surface area contributed by atoms with Crippen LogP contribution in [0.5, 0.6) is 5.75 Å². The summed E-state index contributed by atoms with van der Waals surface area (Å²) in [7, 11) is 1.55. The van der Waals surface area contributed by atoms with Crippen LogP contribution in [0.15, 0.2) is 12.1 Å². The molecule has 3 nitrogen and oxygen atoms in total. The molecule has 0 bridgehead atoms. The summed E-state index contributed by atoms with van der Waals surface area (Å²) >= 11 is 7.57. The van der Waals surface area contributed by atoms with E-state index in [1.807, 2.05) is 19.9 Å². The molecular formula is C12H16ClNO2S. The molecule has 0 atom stereocenters. The van der Waals surface area contributed by atoms with Gasteiger partial charge in [0.15, 0.2) is 0 Å². The van der Waals surface area contributed by atoms with Crippen LogP contribution in [-0.4, -0.2) is 24.5 Å². The van der Waals surface area contributed by atoms with E-state index in [2.05, 4.69) is 5.32 Å². The molecule has 0 aliphatic heterocycles. The molecule has 0 saturated carbocycles. The number of rotatable bonds is 5. The van der Waals surface area contributed by atoms with E-state index in [4.69, 9.17) is 16.3 Å². The van der Waals surface area contributed by atoms with Gasteiger partial charge >= 0.3 is 0 Å². The van der Waals surface area contributed by atoms with Crippen molar-refractivity contribution in [1.82, 2.24) is 0 Å². The van der Waals surface area contributed by atoms with E-state index >= 15 is 0 Å². The molecule has 5 heteroatoms. The minimum atomic E-state index is -0.0307. The Hall–Kier alpha value is -0.870. The first-order valence-corrected chi connectivity index (χ1v) is 6.83. The average Bonchev–Trinajstić information content (AvgIpc) is 2.31. The SMILES string of the molecule is CCSCC(=O)Nc1cc(C)c(Cl)cc1OC. The van der Waals surface area contributed by atoms with Crippen molar-refractivity contribution < 1.29 is 9.53 Å². The fraction of sp³-hybridized carbons (Fsp3) is 0.417. The number of carbonyl (C=O) groups excluding carboxylic acids is 1. The van der Waals surface area contributed by atoms with Crippen LogP contribution in [0.3, 0.4) is 0 Å². The molecule has 0 fully saturated rings. The lowest BCUT2D eigenvalue weighted by Crippen LogP contribution is -2.15. The zero-order valence-corrected chi connectivity index (χ0v) is 11.7. The van der Waals surface area contributed by atoms with Crippen LogP contribution in [-0.2, 0) is 4.79 Å². The third-order valence-electron chi connectivity index (χ3n) is 2.19. The zero-order valence-electron chi connectivity index (χ0n) is 10.2. The lowest BCUT2D eigenvalue weighted by Gasteiger charge is -2.12. The van der Waals surface area contributed by atoms with E-state index < -0.39 is 0 Å². The number of aryl methyl sites for hydroxylation is 1. The molecule has 0 aromatic heterocycles. The van der Waals surface area contributed by atoms with Gasteiger partial charge in [0.2, 0.25) is 5.91 Å². The Morgan fingerprint density at radius 2 is 2.24 bits per heavy atom. The predicted molar refractivity (Wildman–Crippen MR) is 74.4 cm³/mol. The Morgan fingerprint density at radius 1 is 1.53 bits per heavy atom. The Bertz CT molecular complexity index is 410. The number of ether oxygens (including phenoxy) is 1. The molecule has 0 spiro atoms. The fourth-order valence-corrected chi connectivity index (χ4v) is 1.93. The summed E-state index contributed by atoms with van der Waals surface area (Å²) in [5, 5.41) is 3.45. The van der Waals surface area contributed by atoms with Crippen LogP contribution in [0.4, 0.5) is 5.69 Å². The van der Waals surface area contributed by atoms with E-state index in [9.17, 15) is 4.79 Å². The van der Waals surface area contributed by atoms with E-state index in [0.29, 0.717) is 22.2 Å². The van der Waals surface area contributed by atoms with Crippen molar-refractivity contribution in [3.05, 3.63) is 22.7 Å². The summed E-state index contributed by atoms with van der Waals surface area (Å²) in [6.45, 7) is 3.91. The largest absolute Gasteiger partial charge is 0.495 e. The first kappa shape index (κ1) is 14.2. The summed E-state index contributed by atoms with van der Waals surface area (Å²) < 4.78 is 5.18. The number of methoxy groups -OCH3 is 1. The van der Waals surface area contributed by atoms with Crippen molar-refractivity contribution in [1.29, 1.82) is 0 Å². The first-order valence-electron chi connectivity index (χ1n) is 5.30. The van der Waals surface area contributed by atoms with Gasteiger partial charge in [0, 0.05) is 11.1 Å². The lowest BCUT2D eigenvalue weighted by molar-refractivity contribution is -0.113. The normalized spacial score (nSPS) is 10.1. The van der Waals surface area contributed by atoms with E-state index in [0.717, 1.165) is 11.3 Å². The summed E-state index contributed by atoms with van der Waals surface area (Å²) in [4.78, 5) is 11.6. The molecule has 1 N–H and O–H groups in total. The smallest absolute Gasteiger partial charge is 0.234 e. The highest BCUT2D eigenvalue weighted by molar-refractivity contribution is 7.99. The number of hydrogen-bond acceptors (Lipinski definition) is 3. The van der Waals surface area contributed by atoms with Gasteiger partial charge in [0.05, 0.1) is 18.6 Å². The van der Waals surface area contributed by atoms with Gasteiger partial charge in [-0.3, -0.25) is 4.79 Å². The van der Waals surface area contributed by atoms with Gasteiger partial charge in [-0.1, -0.05) is 18.5 Å². The second-order valence-electron chi connectivity index (χ2n) is 3.49. The molecule has 94 valence electrons. The van der Waals surface area contributed by atoms with Gasteiger partial charge in [0.25, 0.3) is 0 Å². The van der Waals surface area contributed by atoms with Crippen molar-refractivity contribution in [3.63, 3.8) is 0 Å². The number of nitrogens with one attached hydrogen (secondary N) is 1. The van der Waals surface area contributed by atoms with Gasteiger partial charge in [0.1, 0.15) is 5.75 Å². The molecule has 0 saturated heterocycles. The van der Waals surface area contributed by atoms with Crippen molar-refractivity contribution in [2.45, 2.75) is 13.8 Å². The van der Waals surface area contributed by atoms with Crippen molar-refractivity contribution in [2.75, 3.05) is 23.9 Å². The van der Waals surface area contributed by atoms with Crippen LogP contribution in [0.2, 0.25) is 5.02 Å². The van der Waals surface area contributed by atoms with Gasteiger partial charge in [-0.25, -0.2) is 0 Å². The maximum Gasteiger partial charge on any atom is 0.234 e. The maximum absolute atomic E-state index is 11.6. The molecular weight excluding hydrogens is 258 g/mol. The monoisotopic (exact) mass is 273 g/mol. The highest BCUT2D eigenvalue weighted by Gasteiger charge is 2.09. The molecule has 0 radical (unpaired) electrons. The Labute approximate surface area is 111 Å². The fourth-order valence-electron chi connectivity index (χ4n) is 1.31. The number of carbonyl (C=O) groups is 1. The Kier molecular flexibility index (Phi) is 5.65. The zero-order chi connectivity index (χ0) is 12.8. The molecule has 17 heavy (non-hydrogen) atoms. The van der Waals surface area contributed by atoms with Crippen LogP contribution >= 0.6 is 23.4 Å². The molecule has 1 aromatic rings. The van der Waals surface area contributed by atoms with E-state index in [-0.39, 0.29) is 5.91 Å². The summed E-state index contributed by atoms with van der Waals surface area (Å²) in [6.07, 6.45) is 0. The molecule has 0 aliphatic carbocycles. The molecule has 1 aromatic carbocycles. The van der Waals surface area contributed by atoms with Gasteiger partial charge in [-0.2, -0.15) is 11.8 Å². The predicted octanol–water partition coefficient (Wildman–Crippen LogP) is 3.35. The lowest BCUT2D eigenvalue weighted by atomic mass is 10.2. The van der Waals surface area contributed by atoms with Crippen molar-refractivity contribution in [2.24, 2.45) is 0 Å². The molecule has 1 rings (SSSR count). The molecule has 0 heterocycles.